The van der Waals surface area contributed by atoms with E-state index in [-0.39, 0.29) is 6.04 Å². The van der Waals surface area contributed by atoms with Gasteiger partial charge in [0.05, 0.1) is 17.6 Å². The molecule has 0 aromatic rings. The van der Waals surface area contributed by atoms with Crippen LogP contribution in [-0.2, 0) is 14.6 Å². The van der Waals surface area contributed by atoms with Gasteiger partial charge in [-0.25, -0.2) is 8.42 Å². The molecule has 2 aliphatic rings. The van der Waals surface area contributed by atoms with Gasteiger partial charge in [0, 0.05) is 32.3 Å². The van der Waals surface area contributed by atoms with Gasteiger partial charge < -0.3 is 15.0 Å². The van der Waals surface area contributed by atoms with Crippen molar-refractivity contribution in [3.05, 3.63) is 0 Å². The van der Waals surface area contributed by atoms with Gasteiger partial charge in [-0.1, -0.05) is 0 Å². The van der Waals surface area contributed by atoms with Crippen molar-refractivity contribution < 1.29 is 13.2 Å². The Kier molecular flexibility index (Phi) is 5.62. The number of ether oxygens (including phenoxy) is 1. The molecule has 0 amide bonds. The quantitative estimate of drug-likeness (QED) is 0.787. The minimum Gasteiger partial charge on any atom is -0.378 e. The van der Waals surface area contributed by atoms with E-state index in [1.165, 1.54) is 0 Å². The first kappa shape index (κ1) is 15.2. The molecular formula is C13H26N2O3S. The average Bonchev–Trinajstić information content (AvgIpc) is 2.37. The number of hydrogen-bond donors (Lipinski definition) is 1. The fraction of sp³-hybridized carbons (Fsp3) is 1.00. The summed E-state index contributed by atoms with van der Waals surface area (Å²) in [5, 5.41) is 3.31. The lowest BCUT2D eigenvalue weighted by Crippen LogP contribution is -2.47. The van der Waals surface area contributed by atoms with Crippen molar-refractivity contribution in [3.8, 4) is 0 Å². The molecule has 2 rings (SSSR count). The first-order valence-electron chi connectivity index (χ1n) is 7.37. The Balaban J connectivity index is 1.66. The van der Waals surface area contributed by atoms with Gasteiger partial charge in [0.2, 0.25) is 0 Å². The predicted molar refractivity (Wildman–Crippen MR) is 76.1 cm³/mol. The fourth-order valence-corrected chi connectivity index (χ4v) is 4.42. The zero-order chi connectivity index (χ0) is 13.7. The summed E-state index contributed by atoms with van der Waals surface area (Å²) < 4.78 is 28.7. The van der Waals surface area contributed by atoms with Gasteiger partial charge in [-0.15, -0.1) is 0 Å². The smallest absolute Gasteiger partial charge is 0.153 e. The molecule has 2 heterocycles. The van der Waals surface area contributed by atoms with Gasteiger partial charge in [0.15, 0.2) is 9.84 Å². The van der Waals surface area contributed by atoms with Crippen molar-refractivity contribution >= 4 is 9.84 Å². The molecule has 112 valence electrons. The number of rotatable bonds is 5. The summed E-state index contributed by atoms with van der Waals surface area (Å²) in [6, 6.07) is 0.142. The van der Waals surface area contributed by atoms with Crippen LogP contribution in [0.3, 0.4) is 0 Å². The van der Waals surface area contributed by atoms with Crippen molar-refractivity contribution in [3.63, 3.8) is 0 Å². The second-order valence-electron chi connectivity index (χ2n) is 5.55. The highest BCUT2D eigenvalue weighted by molar-refractivity contribution is 7.91. The summed E-state index contributed by atoms with van der Waals surface area (Å²) in [5.74, 6) is 0.603. The molecule has 1 N–H and O–H groups in total. The molecule has 1 atom stereocenters. The molecule has 1 unspecified atom stereocenters. The summed E-state index contributed by atoms with van der Waals surface area (Å²) in [4.78, 5) is 2.43. The highest BCUT2D eigenvalue weighted by atomic mass is 32.2. The van der Waals surface area contributed by atoms with Crippen molar-refractivity contribution in [1.82, 2.24) is 10.2 Å². The standard InChI is InChI=1S/C13H26N2O3S/c1-2-18-13-4-8-15(9-5-13)7-3-12-11-19(16,17)10-6-14-12/h12-14H,2-11H2,1H3. The molecule has 0 bridgehead atoms. The van der Waals surface area contributed by atoms with E-state index in [0.29, 0.717) is 24.2 Å². The molecule has 6 heteroatoms. The zero-order valence-electron chi connectivity index (χ0n) is 11.8. The maximum absolute atomic E-state index is 11.6. The molecule has 0 radical (unpaired) electrons. The Labute approximate surface area is 116 Å². The number of sulfone groups is 1. The zero-order valence-corrected chi connectivity index (χ0v) is 12.6. The number of hydrogen-bond acceptors (Lipinski definition) is 5. The van der Waals surface area contributed by atoms with Crippen LogP contribution in [0.2, 0.25) is 0 Å². The van der Waals surface area contributed by atoms with Crippen molar-refractivity contribution in [1.29, 1.82) is 0 Å². The van der Waals surface area contributed by atoms with Crippen LogP contribution in [0, 0.1) is 0 Å². The van der Waals surface area contributed by atoms with Crippen LogP contribution in [0.5, 0.6) is 0 Å². The number of piperidine rings is 1. The van der Waals surface area contributed by atoms with Crippen LogP contribution in [-0.4, -0.2) is 69.8 Å². The molecular weight excluding hydrogens is 264 g/mol. The van der Waals surface area contributed by atoms with Gasteiger partial charge in [-0.05, 0) is 32.7 Å². The van der Waals surface area contributed by atoms with Crippen LogP contribution in [0.4, 0.5) is 0 Å². The van der Waals surface area contributed by atoms with Crippen LogP contribution >= 0.6 is 0 Å². The Bertz CT molecular complexity index is 364. The molecule has 5 nitrogen and oxygen atoms in total. The summed E-state index contributed by atoms with van der Waals surface area (Å²) in [6.07, 6.45) is 3.56. The largest absolute Gasteiger partial charge is 0.378 e. The van der Waals surface area contributed by atoms with E-state index in [1.807, 2.05) is 6.92 Å². The summed E-state index contributed by atoms with van der Waals surface area (Å²) in [6.45, 7) is 6.59. The third kappa shape index (κ3) is 5.02. The van der Waals surface area contributed by atoms with E-state index in [1.54, 1.807) is 0 Å². The average molecular weight is 290 g/mol. The minimum atomic E-state index is -2.80. The summed E-state index contributed by atoms with van der Waals surface area (Å²) in [7, 11) is -2.80. The summed E-state index contributed by atoms with van der Waals surface area (Å²) in [5.41, 5.74) is 0. The molecule has 19 heavy (non-hydrogen) atoms. The predicted octanol–water partition coefficient (Wildman–Crippen LogP) is 0.264. The van der Waals surface area contributed by atoms with Gasteiger partial charge in [-0.2, -0.15) is 0 Å². The molecule has 2 aliphatic heterocycles. The first-order chi connectivity index (χ1) is 9.09. The second-order valence-corrected chi connectivity index (χ2v) is 7.78. The van der Waals surface area contributed by atoms with Crippen molar-refractivity contribution in [2.24, 2.45) is 0 Å². The SMILES string of the molecule is CCOC1CCN(CCC2CS(=O)(=O)CCN2)CC1. The Morgan fingerprint density at radius 2 is 2.05 bits per heavy atom. The topological polar surface area (TPSA) is 58.6 Å². The van der Waals surface area contributed by atoms with Crippen LogP contribution in [0.15, 0.2) is 0 Å². The monoisotopic (exact) mass is 290 g/mol. The first-order valence-corrected chi connectivity index (χ1v) is 9.19. The van der Waals surface area contributed by atoms with Gasteiger partial charge in [-0.3, -0.25) is 0 Å². The summed E-state index contributed by atoms with van der Waals surface area (Å²) >= 11 is 0. The Hall–Kier alpha value is -0.170. The number of nitrogens with zero attached hydrogens (tertiary/aromatic N) is 1. The Morgan fingerprint density at radius 1 is 1.32 bits per heavy atom. The molecule has 2 fully saturated rings. The Morgan fingerprint density at radius 3 is 2.68 bits per heavy atom. The fourth-order valence-electron chi connectivity index (χ4n) is 2.93. The van der Waals surface area contributed by atoms with Gasteiger partial charge in [0.1, 0.15) is 0 Å². The normalized spacial score (nSPS) is 29.4. The van der Waals surface area contributed by atoms with Gasteiger partial charge >= 0.3 is 0 Å². The third-order valence-electron chi connectivity index (χ3n) is 4.03. The number of nitrogens with one attached hydrogen (secondary N) is 1. The van der Waals surface area contributed by atoms with E-state index in [0.717, 1.165) is 45.5 Å². The van der Waals surface area contributed by atoms with Crippen LogP contribution in [0.1, 0.15) is 26.2 Å². The second kappa shape index (κ2) is 7.02. The van der Waals surface area contributed by atoms with Crippen LogP contribution in [0.25, 0.3) is 0 Å². The van der Waals surface area contributed by atoms with Crippen molar-refractivity contribution in [2.45, 2.75) is 38.3 Å². The molecule has 0 spiro atoms. The third-order valence-corrected chi connectivity index (χ3v) is 5.77. The maximum atomic E-state index is 11.6. The molecule has 0 saturated carbocycles. The molecule has 0 aliphatic carbocycles. The molecule has 2 saturated heterocycles. The van der Waals surface area contributed by atoms with E-state index >= 15 is 0 Å². The highest BCUT2D eigenvalue weighted by Crippen LogP contribution is 2.15. The van der Waals surface area contributed by atoms with E-state index in [9.17, 15) is 8.42 Å². The van der Waals surface area contributed by atoms with E-state index in [4.69, 9.17) is 4.74 Å². The van der Waals surface area contributed by atoms with Gasteiger partial charge in [0.25, 0.3) is 0 Å². The maximum Gasteiger partial charge on any atom is 0.153 e. The van der Waals surface area contributed by atoms with E-state index < -0.39 is 9.84 Å². The lowest BCUT2D eigenvalue weighted by atomic mass is 10.1. The highest BCUT2D eigenvalue weighted by Gasteiger charge is 2.25. The van der Waals surface area contributed by atoms with Crippen LogP contribution < -0.4 is 5.32 Å². The lowest BCUT2D eigenvalue weighted by Gasteiger charge is -2.33. The molecule has 0 aromatic carbocycles. The van der Waals surface area contributed by atoms with Crippen molar-refractivity contribution in [2.75, 3.05) is 44.3 Å². The molecule has 0 aromatic heterocycles. The lowest BCUT2D eigenvalue weighted by molar-refractivity contribution is 0.0137. The minimum absolute atomic E-state index is 0.142. The number of likely N-dealkylation sites (tertiary alicyclic amines) is 1. The van der Waals surface area contributed by atoms with E-state index in [2.05, 4.69) is 10.2 Å².